The van der Waals surface area contributed by atoms with E-state index in [2.05, 4.69) is 0 Å². The fraction of sp³-hybridized carbons (Fsp3) is 0.0588. The second-order valence-electron chi connectivity index (χ2n) is 5.04. The molecule has 0 spiro atoms. The first kappa shape index (κ1) is 17.4. The molecule has 24 heavy (non-hydrogen) atoms. The molecule has 0 N–H and O–H groups in total. The SMILES string of the molecule is O=C1S/C(=C/c2cccc(Cl)c2Cl)C(=O)N1Cc1ccc(Cl)cc1. The topological polar surface area (TPSA) is 37.4 Å². The van der Waals surface area contributed by atoms with Gasteiger partial charge in [-0.15, -0.1) is 0 Å². The van der Waals surface area contributed by atoms with Gasteiger partial charge in [-0.3, -0.25) is 14.5 Å². The molecule has 1 aliphatic rings. The smallest absolute Gasteiger partial charge is 0.268 e. The van der Waals surface area contributed by atoms with Gasteiger partial charge < -0.3 is 0 Å². The maximum atomic E-state index is 12.5. The van der Waals surface area contributed by atoms with E-state index in [0.29, 0.717) is 25.5 Å². The van der Waals surface area contributed by atoms with Gasteiger partial charge >= 0.3 is 0 Å². The quantitative estimate of drug-likeness (QED) is 0.606. The van der Waals surface area contributed by atoms with Crippen molar-refractivity contribution in [1.82, 2.24) is 4.90 Å². The maximum Gasteiger partial charge on any atom is 0.293 e. The number of nitrogens with zero attached hydrogens (tertiary/aromatic N) is 1. The Kier molecular flexibility index (Phi) is 5.21. The highest BCUT2D eigenvalue weighted by Crippen LogP contribution is 2.35. The van der Waals surface area contributed by atoms with E-state index in [1.807, 2.05) is 0 Å². The summed E-state index contributed by atoms with van der Waals surface area (Å²) in [6.07, 6.45) is 1.58. The monoisotopic (exact) mass is 397 g/mol. The van der Waals surface area contributed by atoms with Crippen LogP contribution in [0.4, 0.5) is 4.79 Å². The molecule has 7 heteroatoms. The van der Waals surface area contributed by atoms with Crippen LogP contribution < -0.4 is 0 Å². The molecule has 0 unspecified atom stereocenters. The first-order chi connectivity index (χ1) is 11.5. The van der Waals surface area contributed by atoms with Crippen molar-refractivity contribution < 1.29 is 9.59 Å². The molecule has 2 aromatic carbocycles. The molecule has 0 saturated carbocycles. The van der Waals surface area contributed by atoms with E-state index in [4.69, 9.17) is 34.8 Å². The largest absolute Gasteiger partial charge is 0.293 e. The third kappa shape index (κ3) is 3.62. The summed E-state index contributed by atoms with van der Waals surface area (Å²) in [6, 6.07) is 12.1. The average Bonchev–Trinajstić information content (AvgIpc) is 2.81. The second kappa shape index (κ2) is 7.19. The molecular formula is C17H10Cl3NO2S. The number of imide groups is 1. The van der Waals surface area contributed by atoms with Crippen LogP contribution in [-0.4, -0.2) is 16.0 Å². The average molecular weight is 399 g/mol. The van der Waals surface area contributed by atoms with E-state index in [1.54, 1.807) is 48.5 Å². The van der Waals surface area contributed by atoms with Crippen molar-refractivity contribution in [3.05, 3.63) is 73.6 Å². The molecule has 1 fully saturated rings. The van der Waals surface area contributed by atoms with Gasteiger partial charge in [0.15, 0.2) is 0 Å². The highest BCUT2D eigenvalue weighted by atomic mass is 35.5. The van der Waals surface area contributed by atoms with E-state index in [9.17, 15) is 9.59 Å². The minimum atomic E-state index is -0.351. The van der Waals surface area contributed by atoms with Crippen molar-refractivity contribution >= 4 is 63.8 Å². The molecular weight excluding hydrogens is 389 g/mol. The second-order valence-corrected chi connectivity index (χ2v) is 7.25. The molecule has 3 rings (SSSR count). The molecule has 1 aliphatic heterocycles. The molecule has 3 nitrogen and oxygen atoms in total. The standard InChI is InChI=1S/C17H10Cl3NO2S/c18-12-6-4-10(5-7-12)9-21-16(22)14(24-17(21)23)8-11-2-1-3-13(19)15(11)20/h1-8H,9H2/b14-8+. The Bertz CT molecular complexity index is 849. The van der Waals surface area contributed by atoms with Crippen LogP contribution in [0, 0.1) is 0 Å². The molecule has 0 atom stereocenters. The fourth-order valence-corrected chi connectivity index (χ4v) is 3.50. The predicted molar refractivity (Wildman–Crippen MR) is 99.4 cm³/mol. The molecule has 0 bridgehead atoms. The number of thioether (sulfide) groups is 1. The summed E-state index contributed by atoms with van der Waals surface area (Å²) in [5.41, 5.74) is 1.42. The summed E-state index contributed by atoms with van der Waals surface area (Å²) in [7, 11) is 0. The van der Waals surface area contributed by atoms with Gasteiger partial charge in [0.2, 0.25) is 0 Å². The Morgan fingerprint density at radius 2 is 1.71 bits per heavy atom. The molecule has 0 radical (unpaired) electrons. The maximum absolute atomic E-state index is 12.5. The normalized spacial score (nSPS) is 16.3. The van der Waals surface area contributed by atoms with E-state index in [1.165, 1.54) is 4.90 Å². The number of carbonyl (C=O) groups is 2. The van der Waals surface area contributed by atoms with Crippen molar-refractivity contribution in [2.24, 2.45) is 0 Å². The summed E-state index contributed by atoms with van der Waals surface area (Å²) in [5.74, 6) is -0.351. The molecule has 0 aromatic heterocycles. The predicted octanol–water partition coefficient (Wildman–Crippen LogP) is 5.88. The summed E-state index contributed by atoms with van der Waals surface area (Å²) >= 11 is 18.8. The Labute approximate surface area is 158 Å². The van der Waals surface area contributed by atoms with Crippen molar-refractivity contribution in [1.29, 1.82) is 0 Å². The van der Waals surface area contributed by atoms with Crippen LogP contribution in [0.2, 0.25) is 15.1 Å². The third-order valence-corrected chi connectivity index (χ3v) is 5.39. The summed E-state index contributed by atoms with van der Waals surface area (Å²) in [4.78, 5) is 26.2. The molecule has 2 aromatic rings. The summed E-state index contributed by atoms with van der Waals surface area (Å²) in [5, 5.41) is 1.03. The van der Waals surface area contributed by atoms with Gasteiger partial charge in [0.1, 0.15) is 0 Å². The number of benzene rings is 2. The minimum Gasteiger partial charge on any atom is -0.268 e. The molecule has 122 valence electrons. The van der Waals surface area contributed by atoms with Gasteiger partial charge in [0.05, 0.1) is 21.5 Å². The number of halogens is 3. The Balaban J connectivity index is 1.84. The van der Waals surface area contributed by atoms with Crippen molar-refractivity contribution in [2.75, 3.05) is 0 Å². The minimum absolute atomic E-state index is 0.197. The zero-order valence-electron chi connectivity index (χ0n) is 12.1. The molecule has 1 heterocycles. The van der Waals surface area contributed by atoms with Crippen molar-refractivity contribution in [3.8, 4) is 0 Å². The third-order valence-electron chi connectivity index (χ3n) is 3.40. The van der Waals surface area contributed by atoms with Gasteiger partial charge in [0.25, 0.3) is 11.1 Å². The zero-order valence-corrected chi connectivity index (χ0v) is 15.2. The first-order valence-electron chi connectivity index (χ1n) is 6.89. The summed E-state index contributed by atoms with van der Waals surface area (Å²) in [6.45, 7) is 0.197. The first-order valence-corrected chi connectivity index (χ1v) is 8.84. The number of hydrogen-bond acceptors (Lipinski definition) is 3. The fourth-order valence-electron chi connectivity index (χ4n) is 2.18. The highest BCUT2D eigenvalue weighted by molar-refractivity contribution is 8.18. The lowest BCUT2D eigenvalue weighted by molar-refractivity contribution is -0.123. The van der Waals surface area contributed by atoms with Crippen LogP contribution in [-0.2, 0) is 11.3 Å². The van der Waals surface area contributed by atoms with Crippen LogP contribution in [0.15, 0.2) is 47.4 Å². The van der Waals surface area contributed by atoms with E-state index in [-0.39, 0.29) is 17.7 Å². The lowest BCUT2D eigenvalue weighted by atomic mass is 10.2. The van der Waals surface area contributed by atoms with Crippen LogP contribution in [0.5, 0.6) is 0 Å². The van der Waals surface area contributed by atoms with Gasteiger partial charge in [-0.2, -0.15) is 0 Å². The lowest BCUT2D eigenvalue weighted by Gasteiger charge is -2.12. The number of amides is 2. The van der Waals surface area contributed by atoms with Crippen LogP contribution in [0.3, 0.4) is 0 Å². The lowest BCUT2D eigenvalue weighted by Crippen LogP contribution is -2.27. The van der Waals surface area contributed by atoms with Crippen LogP contribution in [0.1, 0.15) is 11.1 Å². The van der Waals surface area contributed by atoms with E-state index >= 15 is 0 Å². The van der Waals surface area contributed by atoms with Gasteiger partial charge in [0, 0.05) is 5.02 Å². The zero-order chi connectivity index (χ0) is 17.3. The van der Waals surface area contributed by atoms with E-state index in [0.717, 1.165) is 17.3 Å². The van der Waals surface area contributed by atoms with Crippen molar-refractivity contribution in [2.45, 2.75) is 6.54 Å². The molecule has 0 aliphatic carbocycles. The number of hydrogen-bond donors (Lipinski definition) is 0. The van der Waals surface area contributed by atoms with Crippen molar-refractivity contribution in [3.63, 3.8) is 0 Å². The Hall–Kier alpha value is -1.46. The van der Waals surface area contributed by atoms with Crippen LogP contribution >= 0.6 is 46.6 Å². The highest BCUT2D eigenvalue weighted by Gasteiger charge is 2.35. The number of carbonyl (C=O) groups excluding carboxylic acids is 2. The Morgan fingerprint density at radius 1 is 1.00 bits per heavy atom. The van der Waals surface area contributed by atoms with Gasteiger partial charge in [-0.25, -0.2) is 0 Å². The summed E-state index contributed by atoms with van der Waals surface area (Å²) < 4.78 is 0. The van der Waals surface area contributed by atoms with Crippen LogP contribution in [0.25, 0.3) is 6.08 Å². The molecule has 2 amide bonds. The van der Waals surface area contributed by atoms with Gasteiger partial charge in [-0.1, -0.05) is 59.1 Å². The van der Waals surface area contributed by atoms with Gasteiger partial charge in [-0.05, 0) is 47.2 Å². The Morgan fingerprint density at radius 3 is 2.42 bits per heavy atom. The van der Waals surface area contributed by atoms with E-state index < -0.39 is 0 Å². The number of rotatable bonds is 3. The molecule has 1 saturated heterocycles.